The van der Waals surface area contributed by atoms with Crippen LogP contribution in [0.4, 0.5) is 5.69 Å². The monoisotopic (exact) mass is 257 g/mol. The van der Waals surface area contributed by atoms with Crippen LogP contribution >= 0.6 is 15.9 Å². The Morgan fingerprint density at radius 2 is 2.21 bits per heavy atom. The molecular weight excluding hydrogens is 246 g/mol. The number of anilines is 1. The molecule has 0 bridgehead atoms. The summed E-state index contributed by atoms with van der Waals surface area (Å²) in [7, 11) is 0. The van der Waals surface area contributed by atoms with E-state index in [2.05, 4.69) is 21.2 Å². The average molecular weight is 258 g/mol. The van der Waals surface area contributed by atoms with Gasteiger partial charge in [-0.3, -0.25) is 4.79 Å². The minimum absolute atomic E-state index is 0.0776. The number of para-hydroxylation sites is 1. The molecule has 0 radical (unpaired) electrons. The van der Waals surface area contributed by atoms with Crippen LogP contribution in [0.2, 0.25) is 0 Å². The Hall–Kier alpha value is -1.03. The van der Waals surface area contributed by atoms with Gasteiger partial charge in [-0.2, -0.15) is 0 Å². The Labute approximate surface area is 91.3 Å². The molecule has 1 atom stereocenters. The summed E-state index contributed by atoms with van der Waals surface area (Å²) in [6.45, 7) is 1.84. The first-order valence-corrected chi connectivity index (χ1v) is 5.11. The molecular formula is C10H12BrNO2. The van der Waals surface area contributed by atoms with Crippen LogP contribution in [0.5, 0.6) is 0 Å². The van der Waals surface area contributed by atoms with E-state index in [0.717, 1.165) is 10.2 Å². The van der Waals surface area contributed by atoms with E-state index in [-0.39, 0.29) is 12.5 Å². The van der Waals surface area contributed by atoms with Crippen molar-refractivity contribution in [1.82, 2.24) is 0 Å². The van der Waals surface area contributed by atoms with E-state index in [1.165, 1.54) is 0 Å². The molecule has 4 heteroatoms. The lowest BCUT2D eigenvalue weighted by atomic mass is 10.2. The number of nitrogens with one attached hydrogen (secondary N) is 1. The van der Waals surface area contributed by atoms with Crippen molar-refractivity contribution in [2.75, 3.05) is 5.32 Å². The van der Waals surface area contributed by atoms with E-state index in [1.54, 1.807) is 0 Å². The van der Waals surface area contributed by atoms with Crippen molar-refractivity contribution in [2.24, 2.45) is 0 Å². The lowest BCUT2D eigenvalue weighted by Crippen LogP contribution is -2.19. The van der Waals surface area contributed by atoms with Gasteiger partial charge in [0.1, 0.15) is 0 Å². The number of aliphatic carboxylic acids is 1. The van der Waals surface area contributed by atoms with Crippen LogP contribution in [0.25, 0.3) is 0 Å². The molecule has 0 aliphatic heterocycles. The summed E-state index contributed by atoms with van der Waals surface area (Å²) in [6, 6.07) is 7.56. The van der Waals surface area contributed by atoms with Crippen molar-refractivity contribution >= 4 is 27.6 Å². The first kappa shape index (κ1) is 11.0. The van der Waals surface area contributed by atoms with Gasteiger partial charge < -0.3 is 10.4 Å². The Kier molecular flexibility index (Phi) is 3.95. The fraction of sp³-hybridized carbons (Fsp3) is 0.300. The number of hydrogen-bond donors (Lipinski definition) is 2. The van der Waals surface area contributed by atoms with Crippen LogP contribution < -0.4 is 5.32 Å². The van der Waals surface area contributed by atoms with E-state index in [1.807, 2.05) is 31.2 Å². The smallest absolute Gasteiger partial charge is 0.305 e. The molecule has 1 unspecified atom stereocenters. The van der Waals surface area contributed by atoms with E-state index < -0.39 is 5.97 Å². The van der Waals surface area contributed by atoms with Crippen molar-refractivity contribution in [3.05, 3.63) is 28.7 Å². The molecule has 0 aromatic heterocycles. The molecule has 1 aromatic carbocycles. The third kappa shape index (κ3) is 3.38. The van der Waals surface area contributed by atoms with Gasteiger partial charge in [-0.1, -0.05) is 12.1 Å². The third-order valence-electron chi connectivity index (χ3n) is 1.76. The number of carboxylic acids is 1. The van der Waals surface area contributed by atoms with Gasteiger partial charge in [0.15, 0.2) is 0 Å². The molecule has 0 heterocycles. The summed E-state index contributed by atoms with van der Waals surface area (Å²) in [6.07, 6.45) is 0.112. The quantitative estimate of drug-likeness (QED) is 0.872. The highest BCUT2D eigenvalue weighted by molar-refractivity contribution is 9.10. The molecule has 0 spiro atoms. The van der Waals surface area contributed by atoms with Crippen molar-refractivity contribution < 1.29 is 9.90 Å². The molecule has 0 amide bonds. The summed E-state index contributed by atoms with van der Waals surface area (Å²) in [4.78, 5) is 10.4. The fourth-order valence-corrected chi connectivity index (χ4v) is 1.56. The third-order valence-corrected chi connectivity index (χ3v) is 2.45. The molecule has 0 aliphatic carbocycles. The first-order chi connectivity index (χ1) is 6.59. The highest BCUT2D eigenvalue weighted by Crippen LogP contribution is 2.22. The molecule has 0 saturated carbocycles. The Bertz CT molecular complexity index is 328. The molecule has 3 nitrogen and oxygen atoms in total. The number of benzene rings is 1. The topological polar surface area (TPSA) is 49.3 Å². The molecule has 0 aliphatic rings. The lowest BCUT2D eigenvalue weighted by molar-refractivity contribution is -0.137. The Balaban J connectivity index is 2.60. The molecule has 0 saturated heterocycles. The largest absolute Gasteiger partial charge is 0.481 e. The van der Waals surface area contributed by atoms with Crippen LogP contribution in [0.15, 0.2) is 28.7 Å². The van der Waals surface area contributed by atoms with Crippen LogP contribution in [-0.2, 0) is 4.79 Å². The number of halogens is 1. The first-order valence-electron chi connectivity index (χ1n) is 4.32. The highest BCUT2D eigenvalue weighted by Gasteiger charge is 2.08. The van der Waals surface area contributed by atoms with Crippen molar-refractivity contribution in [3.63, 3.8) is 0 Å². The SMILES string of the molecule is CC(CC(=O)O)Nc1ccccc1Br. The van der Waals surface area contributed by atoms with E-state index in [9.17, 15) is 4.79 Å². The maximum Gasteiger partial charge on any atom is 0.305 e. The van der Waals surface area contributed by atoms with Gasteiger partial charge >= 0.3 is 5.97 Å². The van der Waals surface area contributed by atoms with Crippen molar-refractivity contribution in [3.8, 4) is 0 Å². The number of rotatable bonds is 4. The van der Waals surface area contributed by atoms with Crippen LogP contribution in [0, 0.1) is 0 Å². The maximum atomic E-state index is 10.4. The van der Waals surface area contributed by atoms with Crippen LogP contribution in [0.3, 0.4) is 0 Å². The zero-order chi connectivity index (χ0) is 10.6. The minimum atomic E-state index is -0.794. The van der Waals surface area contributed by atoms with Crippen LogP contribution in [-0.4, -0.2) is 17.1 Å². The van der Waals surface area contributed by atoms with Gasteiger partial charge in [-0.25, -0.2) is 0 Å². The molecule has 76 valence electrons. The number of carbonyl (C=O) groups is 1. The number of carboxylic acid groups (broad SMARTS) is 1. The van der Waals surface area contributed by atoms with Gasteiger partial charge in [0.25, 0.3) is 0 Å². The maximum absolute atomic E-state index is 10.4. The standard InChI is InChI=1S/C10H12BrNO2/c1-7(6-10(13)14)12-9-5-3-2-4-8(9)11/h2-5,7,12H,6H2,1H3,(H,13,14). The van der Waals surface area contributed by atoms with Crippen LogP contribution in [0.1, 0.15) is 13.3 Å². The molecule has 0 fully saturated rings. The summed E-state index contributed by atoms with van der Waals surface area (Å²) in [5.74, 6) is -0.794. The van der Waals surface area contributed by atoms with Gasteiger partial charge in [-0.15, -0.1) is 0 Å². The minimum Gasteiger partial charge on any atom is -0.481 e. The Morgan fingerprint density at radius 1 is 1.57 bits per heavy atom. The fourth-order valence-electron chi connectivity index (χ4n) is 1.16. The zero-order valence-corrected chi connectivity index (χ0v) is 9.41. The predicted molar refractivity (Wildman–Crippen MR) is 59.5 cm³/mol. The summed E-state index contributed by atoms with van der Waals surface area (Å²) in [5.41, 5.74) is 0.918. The summed E-state index contributed by atoms with van der Waals surface area (Å²) in [5, 5.41) is 11.7. The predicted octanol–water partition coefficient (Wildman–Crippen LogP) is 2.72. The van der Waals surface area contributed by atoms with E-state index >= 15 is 0 Å². The van der Waals surface area contributed by atoms with Crippen molar-refractivity contribution in [1.29, 1.82) is 0 Å². The second-order valence-electron chi connectivity index (χ2n) is 3.12. The second-order valence-corrected chi connectivity index (χ2v) is 3.98. The van der Waals surface area contributed by atoms with E-state index in [4.69, 9.17) is 5.11 Å². The molecule has 14 heavy (non-hydrogen) atoms. The van der Waals surface area contributed by atoms with Gasteiger partial charge in [0, 0.05) is 16.2 Å². The Morgan fingerprint density at radius 3 is 2.79 bits per heavy atom. The highest BCUT2D eigenvalue weighted by atomic mass is 79.9. The number of hydrogen-bond acceptors (Lipinski definition) is 2. The average Bonchev–Trinajstić information content (AvgIpc) is 2.07. The summed E-state index contributed by atoms with van der Waals surface area (Å²) >= 11 is 3.38. The van der Waals surface area contributed by atoms with Gasteiger partial charge in [0.05, 0.1) is 6.42 Å². The second kappa shape index (κ2) is 5.00. The lowest BCUT2D eigenvalue weighted by Gasteiger charge is -2.14. The van der Waals surface area contributed by atoms with E-state index in [0.29, 0.717) is 0 Å². The molecule has 2 N–H and O–H groups in total. The van der Waals surface area contributed by atoms with Crippen molar-refractivity contribution in [2.45, 2.75) is 19.4 Å². The molecule has 1 rings (SSSR count). The van der Waals surface area contributed by atoms with Gasteiger partial charge in [-0.05, 0) is 35.0 Å². The zero-order valence-electron chi connectivity index (χ0n) is 7.83. The van der Waals surface area contributed by atoms with Gasteiger partial charge in [0.2, 0.25) is 0 Å². The summed E-state index contributed by atoms with van der Waals surface area (Å²) < 4.78 is 0.942. The molecule has 1 aromatic rings. The normalized spacial score (nSPS) is 12.1.